The van der Waals surface area contributed by atoms with Crippen molar-refractivity contribution >= 4 is 0 Å². The van der Waals surface area contributed by atoms with Gasteiger partial charge in [0.05, 0.1) is 20.6 Å². The molecule has 0 saturated carbocycles. The molecule has 16 heavy (non-hydrogen) atoms. The summed E-state index contributed by atoms with van der Waals surface area (Å²) >= 11 is 0. The molecule has 2 heteroatoms. The highest BCUT2D eigenvalue weighted by Gasteiger charge is 2.18. The summed E-state index contributed by atoms with van der Waals surface area (Å²) in [5.41, 5.74) is 0. The maximum absolute atomic E-state index is 11.7. The van der Waals surface area contributed by atoms with Crippen molar-refractivity contribution in [2.45, 2.75) is 59.3 Å². The van der Waals surface area contributed by atoms with Gasteiger partial charge in [-0.3, -0.25) is 0 Å². The third kappa shape index (κ3) is 8.12. The van der Waals surface area contributed by atoms with Crippen molar-refractivity contribution in [3.8, 4) is 0 Å². The Labute approximate surface area is 102 Å². The lowest BCUT2D eigenvalue weighted by Gasteiger charge is -2.37. The fourth-order valence-electron chi connectivity index (χ4n) is 2.44. The Morgan fingerprint density at radius 2 is 1.56 bits per heavy atom. The summed E-state index contributed by atoms with van der Waals surface area (Å²) in [5, 5.41) is 11.7. The Balaban J connectivity index is 4.06. The normalized spacial score (nSPS) is 16.1. The number of hydroxylamine groups is 3. The van der Waals surface area contributed by atoms with E-state index in [0.717, 1.165) is 18.9 Å². The van der Waals surface area contributed by atoms with E-state index in [0.29, 0.717) is 5.92 Å². The maximum Gasteiger partial charge on any atom is 0.0808 e. The zero-order valence-corrected chi connectivity index (χ0v) is 12.0. The fourth-order valence-corrected chi connectivity index (χ4v) is 2.44. The summed E-state index contributed by atoms with van der Waals surface area (Å²) in [5.74, 6) is 1.44. The van der Waals surface area contributed by atoms with E-state index in [2.05, 4.69) is 20.8 Å². The highest BCUT2D eigenvalue weighted by Crippen LogP contribution is 2.24. The summed E-state index contributed by atoms with van der Waals surface area (Å²) < 4.78 is -0.136. The molecule has 0 radical (unpaired) electrons. The minimum atomic E-state index is -0.136. The summed E-state index contributed by atoms with van der Waals surface area (Å²) in [6.45, 7) is 7.53. The maximum atomic E-state index is 11.7. The predicted octanol–water partition coefficient (Wildman–Crippen LogP) is 4.19. The Morgan fingerprint density at radius 1 is 1.00 bits per heavy atom. The summed E-state index contributed by atoms with van der Waals surface area (Å²) in [6, 6.07) is 0. The van der Waals surface area contributed by atoms with Gasteiger partial charge in [0, 0.05) is 5.92 Å². The van der Waals surface area contributed by atoms with Crippen LogP contribution < -0.4 is 0 Å². The van der Waals surface area contributed by atoms with Crippen LogP contribution in [-0.2, 0) is 0 Å². The molecule has 98 valence electrons. The van der Waals surface area contributed by atoms with Gasteiger partial charge in [0.25, 0.3) is 0 Å². The van der Waals surface area contributed by atoms with E-state index in [9.17, 15) is 5.21 Å². The number of hydrogen-bond donors (Lipinski definition) is 0. The molecule has 0 bridgehead atoms. The van der Waals surface area contributed by atoms with Gasteiger partial charge >= 0.3 is 0 Å². The molecule has 2 atom stereocenters. The second-order valence-corrected chi connectivity index (χ2v) is 5.68. The molecule has 0 saturated heterocycles. The van der Waals surface area contributed by atoms with Gasteiger partial charge in [0.1, 0.15) is 0 Å². The first-order valence-corrected chi connectivity index (χ1v) is 6.96. The molecule has 0 fully saturated rings. The quantitative estimate of drug-likeness (QED) is 0.429. The van der Waals surface area contributed by atoms with E-state index >= 15 is 0 Å². The van der Waals surface area contributed by atoms with Gasteiger partial charge in [-0.15, -0.1) is 0 Å². The van der Waals surface area contributed by atoms with E-state index in [1.165, 1.54) is 32.1 Å². The first-order chi connectivity index (χ1) is 7.42. The molecule has 2 nitrogen and oxygen atoms in total. The second-order valence-electron chi connectivity index (χ2n) is 5.68. The van der Waals surface area contributed by atoms with Crippen molar-refractivity contribution in [2.24, 2.45) is 11.8 Å². The van der Waals surface area contributed by atoms with Crippen LogP contribution in [0, 0.1) is 17.0 Å². The summed E-state index contributed by atoms with van der Waals surface area (Å²) in [6.07, 6.45) is 7.63. The van der Waals surface area contributed by atoms with Crippen molar-refractivity contribution in [3.05, 3.63) is 5.21 Å². The second kappa shape index (κ2) is 8.08. The van der Waals surface area contributed by atoms with Crippen molar-refractivity contribution in [2.75, 3.05) is 20.6 Å². The third-order valence-corrected chi connectivity index (χ3v) is 3.49. The van der Waals surface area contributed by atoms with Crippen LogP contribution in [0.25, 0.3) is 0 Å². The highest BCUT2D eigenvalue weighted by atomic mass is 16.5. The number of hydrogen-bond acceptors (Lipinski definition) is 1. The minimum Gasteiger partial charge on any atom is -0.633 e. The SMILES string of the molecule is CCCCC(CC)CC(CC)C[N+](C)(C)[O-]. The smallest absolute Gasteiger partial charge is 0.0808 e. The number of nitrogens with zero attached hydrogens (tertiary/aromatic N) is 1. The monoisotopic (exact) mass is 229 g/mol. The van der Waals surface area contributed by atoms with Gasteiger partial charge in [-0.1, -0.05) is 46.5 Å². The highest BCUT2D eigenvalue weighted by molar-refractivity contribution is 4.65. The molecule has 0 aromatic heterocycles. The molecule has 0 heterocycles. The van der Waals surface area contributed by atoms with Crippen LogP contribution in [0.2, 0.25) is 0 Å². The Morgan fingerprint density at radius 3 is 1.94 bits per heavy atom. The molecular formula is C14H31NO. The van der Waals surface area contributed by atoms with E-state index in [-0.39, 0.29) is 4.65 Å². The number of quaternary nitrogens is 1. The van der Waals surface area contributed by atoms with E-state index in [4.69, 9.17) is 0 Å². The molecule has 0 aliphatic carbocycles. The van der Waals surface area contributed by atoms with Crippen LogP contribution in [-0.4, -0.2) is 25.3 Å². The van der Waals surface area contributed by atoms with Crippen LogP contribution in [0.1, 0.15) is 59.3 Å². The lowest BCUT2D eigenvalue weighted by molar-refractivity contribution is -0.843. The number of rotatable bonds is 9. The number of unbranched alkanes of at least 4 members (excludes halogenated alkanes) is 1. The zero-order valence-electron chi connectivity index (χ0n) is 12.0. The molecule has 0 spiro atoms. The van der Waals surface area contributed by atoms with E-state index in [1.807, 2.05) is 0 Å². The van der Waals surface area contributed by atoms with Crippen LogP contribution >= 0.6 is 0 Å². The van der Waals surface area contributed by atoms with E-state index < -0.39 is 0 Å². The Hall–Kier alpha value is -0.0800. The van der Waals surface area contributed by atoms with Gasteiger partial charge in [0.2, 0.25) is 0 Å². The van der Waals surface area contributed by atoms with Crippen LogP contribution in [0.4, 0.5) is 0 Å². The van der Waals surface area contributed by atoms with Gasteiger partial charge in [-0.2, -0.15) is 0 Å². The third-order valence-electron chi connectivity index (χ3n) is 3.49. The van der Waals surface area contributed by atoms with Gasteiger partial charge in [-0.05, 0) is 18.8 Å². The van der Waals surface area contributed by atoms with Crippen LogP contribution in [0.3, 0.4) is 0 Å². The average Bonchev–Trinajstić information content (AvgIpc) is 2.20. The standard InChI is InChI=1S/C14H31NO/c1-6-9-10-13(7-2)11-14(8-3)12-15(4,5)16/h13-14H,6-12H2,1-5H3. The fraction of sp³-hybridized carbons (Fsp3) is 1.00. The molecule has 0 rings (SSSR count). The Bertz CT molecular complexity index is 163. The van der Waals surface area contributed by atoms with Crippen molar-refractivity contribution in [1.82, 2.24) is 0 Å². The minimum absolute atomic E-state index is 0.136. The van der Waals surface area contributed by atoms with Crippen LogP contribution in [0.5, 0.6) is 0 Å². The molecule has 0 aliphatic heterocycles. The lowest BCUT2D eigenvalue weighted by Crippen LogP contribution is -2.37. The van der Waals surface area contributed by atoms with Crippen molar-refractivity contribution in [3.63, 3.8) is 0 Å². The van der Waals surface area contributed by atoms with Crippen molar-refractivity contribution in [1.29, 1.82) is 0 Å². The molecule has 0 aromatic carbocycles. The van der Waals surface area contributed by atoms with Crippen LogP contribution in [0.15, 0.2) is 0 Å². The first-order valence-electron chi connectivity index (χ1n) is 6.96. The molecule has 0 amide bonds. The largest absolute Gasteiger partial charge is 0.633 e. The lowest BCUT2D eigenvalue weighted by atomic mass is 9.87. The predicted molar refractivity (Wildman–Crippen MR) is 72.0 cm³/mol. The van der Waals surface area contributed by atoms with E-state index in [1.54, 1.807) is 14.1 Å². The molecule has 0 N–H and O–H groups in total. The molecular weight excluding hydrogens is 198 g/mol. The average molecular weight is 229 g/mol. The molecule has 0 aromatic rings. The molecule has 2 unspecified atom stereocenters. The molecule has 0 aliphatic rings. The van der Waals surface area contributed by atoms with Gasteiger partial charge < -0.3 is 9.85 Å². The topological polar surface area (TPSA) is 23.1 Å². The van der Waals surface area contributed by atoms with Gasteiger partial charge in [0.15, 0.2) is 0 Å². The zero-order chi connectivity index (χ0) is 12.6. The van der Waals surface area contributed by atoms with Crippen molar-refractivity contribution < 1.29 is 4.65 Å². The Kier molecular flexibility index (Phi) is 8.04. The summed E-state index contributed by atoms with van der Waals surface area (Å²) in [4.78, 5) is 0. The summed E-state index contributed by atoms with van der Waals surface area (Å²) in [7, 11) is 3.52. The van der Waals surface area contributed by atoms with Gasteiger partial charge in [-0.25, -0.2) is 0 Å². The first kappa shape index (κ1) is 15.9.